The fourth-order valence-electron chi connectivity index (χ4n) is 1.80. The molecule has 2 N–H and O–H groups in total. The van der Waals surface area contributed by atoms with E-state index >= 15 is 0 Å². The molecular formula is C14H22BrFN2O2S. The maximum Gasteiger partial charge on any atom is 0.243 e. The van der Waals surface area contributed by atoms with Crippen molar-refractivity contribution in [2.24, 2.45) is 0 Å². The minimum Gasteiger partial charge on any atom is -0.313 e. The molecule has 1 aromatic rings. The quantitative estimate of drug-likeness (QED) is 0.646. The maximum absolute atomic E-state index is 14.4. The van der Waals surface area contributed by atoms with E-state index in [0.29, 0.717) is 23.1 Å². The van der Waals surface area contributed by atoms with Gasteiger partial charge >= 0.3 is 0 Å². The summed E-state index contributed by atoms with van der Waals surface area (Å²) in [5.41, 5.74) is 0.341. The molecule has 4 nitrogen and oxygen atoms in total. The lowest BCUT2D eigenvalue weighted by molar-refractivity contribution is 0.540. The predicted octanol–water partition coefficient (Wildman–Crippen LogP) is 3.17. The van der Waals surface area contributed by atoms with Gasteiger partial charge in [0.25, 0.3) is 0 Å². The Kier molecular flexibility index (Phi) is 7.79. The van der Waals surface area contributed by atoms with Crippen molar-refractivity contribution in [1.82, 2.24) is 10.0 Å². The average molecular weight is 381 g/mol. The van der Waals surface area contributed by atoms with Gasteiger partial charge in [-0.15, -0.1) is 0 Å². The van der Waals surface area contributed by atoms with Gasteiger partial charge in [0, 0.05) is 23.1 Å². The summed E-state index contributed by atoms with van der Waals surface area (Å²) >= 11 is 3.24. The molecule has 0 unspecified atom stereocenters. The predicted molar refractivity (Wildman–Crippen MR) is 86.2 cm³/mol. The van der Waals surface area contributed by atoms with Crippen LogP contribution in [0, 0.1) is 5.82 Å². The zero-order valence-corrected chi connectivity index (χ0v) is 14.8. The minimum absolute atomic E-state index is 0.302. The number of rotatable bonds is 9. The molecule has 0 amide bonds. The lowest BCUT2D eigenvalue weighted by Crippen LogP contribution is -2.26. The number of benzene rings is 1. The van der Waals surface area contributed by atoms with Gasteiger partial charge in [0.2, 0.25) is 10.0 Å². The molecule has 0 aromatic heterocycles. The third kappa shape index (κ3) is 5.65. The standard InChI is InChI=1S/C14H22BrFN2O2S/c1-3-5-7-18-21(19,20)13-9-12(15)8-11(14(13)16)10-17-6-4-2/h8-9,17-18H,3-7,10H2,1-2H3. The Labute approximate surface area is 134 Å². The van der Waals surface area contributed by atoms with E-state index in [1.165, 1.54) is 6.07 Å². The Bertz CT molecular complexity index is 564. The first-order chi connectivity index (χ1) is 9.92. The molecule has 1 aromatic carbocycles. The van der Waals surface area contributed by atoms with Gasteiger partial charge in [-0.2, -0.15) is 0 Å². The van der Waals surface area contributed by atoms with E-state index in [2.05, 4.69) is 26.0 Å². The molecule has 0 radical (unpaired) electrons. The van der Waals surface area contributed by atoms with E-state index in [-0.39, 0.29) is 4.90 Å². The number of unbranched alkanes of at least 4 members (excludes halogenated alkanes) is 1. The Morgan fingerprint density at radius 2 is 1.90 bits per heavy atom. The van der Waals surface area contributed by atoms with Gasteiger partial charge in [-0.3, -0.25) is 0 Å². The van der Waals surface area contributed by atoms with Crippen molar-refractivity contribution >= 4 is 26.0 Å². The molecule has 0 saturated heterocycles. The topological polar surface area (TPSA) is 58.2 Å². The molecule has 120 valence electrons. The lowest BCUT2D eigenvalue weighted by Gasteiger charge is -2.12. The average Bonchev–Trinajstić information content (AvgIpc) is 2.42. The summed E-state index contributed by atoms with van der Waals surface area (Å²) < 4.78 is 41.7. The zero-order valence-electron chi connectivity index (χ0n) is 12.4. The summed E-state index contributed by atoms with van der Waals surface area (Å²) in [7, 11) is -3.82. The third-order valence-electron chi connectivity index (χ3n) is 2.93. The first-order valence-electron chi connectivity index (χ1n) is 7.10. The number of hydrogen-bond donors (Lipinski definition) is 2. The normalized spacial score (nSPS) is 11.8. The van der Waals surface area contributed by atoms with E-state index in [9.17, 15) is 12.8 Å². The Morgan fingerprint density at radius 1 is 1.19 bits per heavy atom. The summed E-state index contributed by atoms with van der Waals surface area (Å²) in [5.74, 6) is -0.689. The monoisotopic (exact) mass is 380 g/mol. The van der Waals surface area contributed by atoms with Crippen molar-refractivity contribution < 1.29 is 12.8 Å². The van der Waals surface area contributed by atoms with Crippen LogP contribution >= 0.6 is 15.9 Å². The summed E-state index contributed by atoms with van der Waals surface area (Å²) in [6.45, 7) is 5.34. The lowest BCUT2D eigenvalue weighted by atomic mass is 10.2. The fourth-order valence-corrected chi connectivity index (χ4v) is 3.68. The molecule has 0 saturated carbocycles. The Hall–Kier alpha value is -0.500. The van der Waals surface area contributed by atoms with Crippen LogP contribution in [0.1, 0.15) is 38.7 Å². The second-order valence-electron chi connectivity index (χ2n) is 4.81. The van der Waals surface area contributed by atoms with Crippen LogP contribution in [-0.2, 0) is 16.6 Å². The number of halogens is 2. The van der Waals surface area contributed by atoms with Crippen LogP contribution in [0.2, 0.25) is 0 Å². The van der Waals surface area contributed by atoms with E-state index in [4.69, 9.17) is 0 Å². The Morgan fingerprint density at radius 3 is 2.52 bits per heavy atom. The van der Waals surface area contributed by atoms with Gasteiger partial charge in [-0.1, -0.05) is 36.2 Å². The summed E-state index contributed by atoms with van der Waals surface area (Å²) in [4.78, 5) is -0.304. The molecule has 1 rings (SSSR count). The van der Waals surface area contributed by atoms with Gasteiger partial charge in [0.1, 0.15) is 10.7 Å². The van der Waals surface area contributed by atoms with E-state index in [1.807, 2.05) is 13.8 Å². The molecule has 0 bridgehead atoms. The van der Waals surface area contributed by atoms with Crippen molar-refractivity contribution in [3.63, 3.8) is 0 Å². The highest BCUT2D eigenvalue weighted by molar-refractivity contribution is 9.10. The van der Waals surface area contributed by atoms with Gasteiger partial charge in [0.05, 0.1) is 0 Å². The highest BCUT2D eigenvalue weighted by Crippen LogP contribution is 2.24. The highest BCUT2D eigenvalue weighted by Gasteiger charge is 2.21. The summed E-state index contributed by atoms with van der Waals surface area (Å²) in [5, 5.41) is 3.07. The molecule has 0 aliphatic carbocycles. The largest absolute Gasteiger partial charge is 0.313 e. The maximum atomic E-state index is 14.4. The second-order valence-corrected chi connectivity index (χ2v) is 7.46. The van der Waals surface area contributed by atoms with Crippen molar-refractivity contribution in [2.45, 2.75) is 44.6 Å². The molecule has 21 heavy (non-hydrogen) atoms. The van der Waals surface area contributed by atoms with Crippen LogP contribution in [0.4, 0.5) is 4.39 Å². The zero-order chi connectivity index (χ0) is 15.9. The summed E-state index contributed by atoms with van der Waals surface area (Å²) in [6, 6.07) is 2.90. The smallest absolute Gasteiger partial charge is 0.243 e. The molecule has 7 heteroatoms. The van der Waals surface area contributed by atoms with Crippen molar-refractivity contribution in [1.29, 1.82) is 0 Å². The fraction of sp³-hybridized carbons (Fsp3) is 0.571. The molecular weight excluding hydrogens is 359 g/mol. The molecule has 0 aliphatic heterocycles. The molecule has 0 aliphatic rings. The van der Waals surface area contributed by atoms with Crippen LogP contribution < -0.4 is 10.0 Å². The van der Waals surface area contributed by atoms with E-state index in [1.54, 1.807) is 6.07 Å². The van der Waals surface area contributed by atoms with Crippen LogP contribution in [0.25, 0.3) is 0 Å². The van der Waals surface area contributed by atoms with E-state index in [0.717, 1.165) is 25.8 Å². The Balaban J connectivity index is 3.01. The van der Waals surface area contributed by atoms with Gasteiger partial charge < -0.3 is 5.32 Å². The number of nitrogens with one attached hydrogen (secondary N) is 2. The van der Waals surface area contributed by atoms with Gasteiger partial charge in [0.15, 0.2) is 0 Å². The van der Waals surface area contributed by atoms with Crippen molar-refractivity contribution in [2.75, 3.05) is 13.1 Å². The minimum atomic E-state index is -3.82. The molecule has 0 spiro atoms. The molecule has 0 atom stereocenters. The van der Waals surface area contributed by atoms with E-state index < -0.39 is 15.8 Å². The van der Waals surface area contributed by atoms with Gasteiger partial charge in [-0.25, -0.2) is 17.5 Å². The second kappa shape index (κ2) is 8.82. The first kappa shape index (κ1) is 18.5. The van der Waals surface area contributed by atoms with Crippen molar-refractivity contribution in [3.05, 3.63) is 28.0 Å². The highest BCUT2D eigenvalue weighted by atomic mass is 79.9. The van der Waals surface area contributed by atoms with Crippen molar-refractivity contribution in [3.8, 4) is 0 Å². The SMILES string of the molecule is CCCCNS(=O)(=O)c1cc(Br)cc(CNCCC)c1F. The van der Waals surface area contributed by atoms with Gasteiger partial charge in [-0.05, 0) is 31.5 Å². The van der Waals surface area contributed by atoms with Crippen LogP contribution in [-0.4, -0.2) is 21.5 Å². The number of hydrogen-bond acceptors (Lipinski definition) is 3. The molecule has 0 fully saturated rings. The molecule has 0 heterocycles. The van der Waals surface area contributed by atoms with Crippen LogP contribution in [0.3, 0.4) is 0 Å². The first-order valence-corrected chi connectivity index (χ1v) is 9.38. The van der Waals surface area contributed by atoms with Crippen LogP contribution in [0.15, 0.2) is 21.5 Å². The number of sulfonamides is 1. The summed E-state index contributed by atoms with van der Waals surface area (Å²) in [6.07, 6.45) is 2.52. The van der Waals surface area contributed by atoms with Crippen LogP contribution in [0.5, 0.6) is 0 Å². The third-order valence-corrected chi connectivity index (χ3v) is 4.85.